The number of alkyl halides is 1. The van der Waals surface area contributed by atoms with Crippen molar-refractivity contribution in [3.63, 3.8) is 0 Å². The third kappa shape index (κ3) is 1.40. The average Bonchev–Trinajstić information content (AvgIpc) is 2.34. The van der Waals surface area contributed by atoms with Crippen LogP contribution in [0.1, 0.15) is 19.3 Å². The average molecular weight is 159 g/mol. The van der Waals surface area contributed by atoms with Gasteiger partial charge in [-0.2, -0.15) is 0 Å². The molecule has 0 radical (unpaired) electrons. The van der Waals surface area contributed by atoms with E-state index in [0.29, 0.717) is 13.0 Å². The molecule has 2 fully saturated rings. The number of hydrogen-bond acceptors (Lipinski definition) is 2. The fourth-order valence-electron chi connectivity index (χ4n) is 2.04. The van der Waals surface area contributed by atoms with Crippen molar-refractivity contribution in [3.05, 3.63) is 0 Å². The second-order valence-corrected chi connectivity index (χ2v) is 3.58. The SMILES string of the molecule is FC1CNC2(CCOCC2)C1. The molecule has 2 heterocycles. The molecule has 0 aromatic carbocycles. The number of nitrogens with one attached hydrogen (secondary N) is 1. The Hall–Kier alpha value is -0.150. The second-order valence-electron chi connectivity index (χ2n) is 3.58. The van der Waals surface area contributed by atoms with Crippen LogP contribution < -0.4 is 5.32 Å². The summed E-state index contributed by atoms with van der Waals surface area (Å²) in [6, 6.07) is 0. The fraction of sp³-hybridized carbons (Fsp3) is 1.00. The summed E-state index contributed by atoms with van der Waals surface area (Å²) < 4.78 is 18.1. The first-order valence-corrected chi connectivity index (χ1v) is 4.28. The predicted molar refractivity (Wildman–Crippen MR) is 40.3 cm³/mol. The van der Waals surface area contributed by atoms with Crippen molar-refractivity contribution in [2.75, 3.05) is 19.8 Å². The van der Waals surface area contributed by atoms with Gasteiger partial charge in [-0.1, -0.05) is 0 Å². The molecule has 2 rings (SSSR count). The lowest BCUT2D eigenvalue weighted by Gasteiger charge is -2.33. The molecule has 1 unspecified atom stereocenters. The molecule has 2 aliphatic rings. The van der Waals surface area contributed by atoms with E-state index in [-0.39, 0.29) is 5.54 Å². The zero-order valence-corrected chi connectivity index (χ0v) is 6.61. The van der Waals surface area contributed by atoms with E-state index in [0.717, 1.165) is 26.1 Å². The smallest absolute Gasteiger partial charge is 0.114 e. The molecule has 0 aromatic rings. The standard InChI is InChI=1S/C8H14FNO/c9-7-5-8(10-6-7)1-3-11-4-2-8/h7,10H,1-6H2. The molecule has 1 spiro atoms. The zero-order valence-electron chi connectivity index (χ0n) is 6.61. The van der Waals surface area contributed by atoms with Crippen molar-refractivity contribution < 1.29 is 9.13 Å². The van der Waals surface area contributed by atoms with Crippen molar-refractivity contribution >= 4 is 0 Å². The van der Waals surface area contributed by atoms with E-state index in [1.807, 2.05) is 0 Å². The lowest BCUT2D eigenvalue weighted by Crippen LogP contribution is -2.44. The summed E-state index contributed by atoms with van der Waals surface area (Å²) in [5, 5.41) is 3.27. The van der Waals surface area contributed by atoms with Gasteiger partial charge in [0, 0.05) is 25.3 Å². The molecule has 2 saturated heterocycles. The minimum atomic E-state index is -0.631. The Morgan fingerprint density at radius 3 is 2.64 bits per heavy atom. The highest BCUT2D eigenvalue weighted by atomic mass is 19.1. The number of halogens is 1. The van der Waals surface area contributed by atoms with Gasteiger partial charge >= 0.3 is 0 Å². The summed E-state index contributed by atoms with van der Waals surface area (Å²) in [6.07, 6.45) is 2.02. The van der Waals surface area contributed by atoms with E-state index in [1.54, 1.807) is 0 Å². The maximum atomic E-state index is 12.8. The largest absolute Gasteiger partial charge is 0.381 e. The lowest BCUT2D eigenvalue weighted by molar-refractivity contribution is 0.0438. The minimum Gasteiger partial charge on any atom is -0.381 e. The Morgan fingerprint density at radius 2 is 2.09 bits per heavy atom. The minimum absolute atomic E-state index is 0.0949. The van der Waals surface area contributed by atoms with Gasteiger partial charge in [0.25, 0.3) is 0 Å². The quantitative estimate of drug-likeness (QED) is 0.566. The maximum absolute atomic E-state index is 12.8. The summed E-state index contributed by atoms with van der Waals surface area (Å²) in [6.45, 7) is 2.12. The molecular formula is C8H14FNO. The fourth-order valence-corrected chi connectivity index (χ4v) is 2.04. The van der Waals surface area contributed by atoms with Gasteiger partial charge in [0.2, 0.25) is 0 Å². The monoisotopic (exact) mass is 159 g/mol. The zero-order chi connectivity index (χ0) is 7.73. The van der Waals surface area contributed by atoms with E-state index < -0.39 is 6.17 Å². The highest BCUT2D eigenvalue weighted by molar-refractivity contribution is 4.98. The van der Waals surface area contributed by atoms with Gasteiger partial charge in [0.1, 0.15) is 6.17 Å². The Labute approximate surface area is 66.1 Å². The Kier molecular flexibility index (Phi) is 1.85. The van der Waals surface area contributed by atoms with Crippen molar-refractivity contribution in [3.8, 4) is 0 Å². The third-order valence-corrected chi connectivity index (χ3v) is 2.76. The van der Waals surface area contributed by atoms with Crippen LogP contribution in [0, 0.1) is 0 Å². The molecule has 1 N–H and O–H groups in total. The van der Waals surface area contributed by atoms with Crippen molar-refractivity contribution in [1.29, 1.82) is 0 Å². The van der Waals surface area contributed by atoms with Gasteiger partial charge in [0.15, 0.2) is 0 Å². The molecule has 1 atom stereocenters. The van der Waals surface area contributed by atoms with Crippen molar-refractivity contribution in [2.45, 2.75) is 31.0 Å². The first-order chi connectivity index (χ1) is 5.31. The van der Waals surface area contributed by atoms with Crippen LogP contribution in [0.4, 0.5) is 4.39 Å². The highest BCUT2D eigenvalue weighted by Crippen LogP contribution is 2.30. The molecule has 64 valence electrons. The topological polar surface area (TPSA) is 21.3 Å². The van der Waals surface area contributed by atoms with E-state index in [4.69, 9.17) is 4.74 Å². The van der Waals surface area contributed by atoms with Gasteiger partial charge in [-0.15, -0.1) is 0 Å². The Bertz CT molecular complexity index is 140. The second kappa shape index (κ2) is 2.72. The van der Waals surface area contributed by atoms with Crippen LogP contribution in [0.5, 0.6) is 0 Å². The summed E-state index contributed by atoms with van der Waals surface area (Å²) >= 11 is 0. The van der Waals surface area contributed by atoms with Crippen LogP contribution in [0.25, 0.3) is 0 Å². The van der Waals surface area contributed by atoms with Gasteiger partial charge in [-0.05, 0) is 19.3 Å². The van der Waals surface area contributed by atoms with Crippen LogP contribution in [0.15, 0.2) is 0 Å². The van der Waals surface area contributed by atoms with Crippen LogP contribution in [0.2, 0.25) is 0 Å². The molecule has 0 aromatic heterocycles. The van der Waals surface area contributed by atoms with E-state index in [9.17, 15) is 4.39 Å². The molecule has 0 amide bonds. The van der Waals surface area contributed by atoms with Crippen LogP contribution in [0.3, 0.4) is 0 Å². The molecular weight excluding hydrogens is 145 g/mol. The van der Waals surface area contributed by atoms with Crippen LogP contribution in [-0.2, 0) is 4.74 Å². The van der Waals surface area contributed by atoms with Gasteiger partial charge in [-0.25, -0.2) is 4.39 Å². The first-order valence-electron chi connectivity index (χ1n) is 4.28. The Balaban J connectivity index is 1.98. The lowest BCUT2D eigenvalue weighted by atomic mass is 9.88. The van der Waals surface area contributed by atoms with Crippen molar-refractivity contribution in [1.82, 2.24) is 5.32 Å². The molecule has 0 aliphatic carbocycles. The number of hydrogen-bond donors (Lipinski definition) is 1. The first kappa shape index (κ1) is 7.50. The van der Waals surface area contributed by atoms with Gasteiger partial charge < -0.3 is 10.1 Å². The predicted octanol–water partition coefficient (Wildman–Crippen LogP) is 0.867. The van der Waals surface area contributed by atoms with E-state index in [1.165, 1.54) is 0 Å². The third-order valence-electron chi connectivity index (χ3n) is 2.76. The maximum Gasteiger partial charge on any atom is 0.114 e. The summed E-state index contributed by atoms with van der Waals surface area (Å²) in [5.74, 6) is 0. The molecule has 3 heteroatoms. The molecule has 0 bridgehead atoms. The highest BCUT2D eigenvalue weighted by Gasteiger charge is 2.39. The van der Waals surface area contributed by atoms with E-state index >= 15 is 0 Å². The summed E-state index contributed by atoms with van der Waals surface area (Å²) in [5.41, 5.74) is 0.0949. The number of ether oxygens (including phenoxy) is 1. The molecule has 0 saturated carbocycles. The van der Waals surface area contributed by atoms with Crippen LogP contribution in [-0.4, -0.2) is 31.5 Å². The number of rotatable bonds is 0. The van der Waals surface area contributed by atoms with Gasteiger partial charge in [0.05, 0.1) is 0 Å². The Morgan fingerprint density at radius 1 is 1.36 bits per heavy atom. The normalized spacial score (nSPS) is 36.3. The van der Waals surface area contributed by atoms with Crippen molar-refractivity contribution in [2.24, 2.45) is 0 Å². The molecule has 2 aliphatic heterocycles. The molecule has 11 heavy (non-hydrogen) atoms. The summed E-state index contributed by atoms with van der Waals surface area (Å²) in [7, 11) is 0. The van der Waals surface area contributed by atoms with Gasteiger partial charge in [-0.3, -0.25) is 0 Å². The summed E-state index contributed by atoms with van der Waals surface area (Å²) in [4.78, 5) is 0. The van der Waals surface area contributed by atoms with E-state index in [2.05, 4.69) is 5.32 Å². The molecule has 2 nitrogen and oxygen atoms in total. The van der Waals surface area contributed by atoms with Crippen LogP contribution >= 0.6 is 0 Å².